The topological polar surface area (TPSA) is 83.8 Å². The average Bonchev–Trinajstić information content (AvgIpc) is 2.57. The zero-order valence-corrected chi connectivity index (χ0v) is 15.3. The third kappa shape index (κ3) is 4.29. The summed E-state index contributed by atoms with van der Waals surface area (Å²) in [5, 5.41) is 13.9. The summed E-state index contributed by atoms with van der Waals surface area (Å²) >= 11 is 6.63. The van der Waals surface area contributed by atoms with Gasteiger partial charge in [0.15, 0.2) is 11.5 Å². The standard InChI is InChI=1S/C15H13Br2N3O3/c1-2-23-11-6-10(12(16)13(17)14(11)21)8-19-20-15(22)9-4-3-5-18-7-9/h3-8,21H,2H2,1H3,(H,20,22)/b19-8-. The van der Waals surface area contributed by atoms with E-state index in [1.54, 1.807) is 24.4 Å². The quantitative estimate of drug-likeness (QED) is 0.548. The van der Waals surface area contributed by atoms with E-state index in [-0.39, 0.29) is 11.7 Å². The number of rotatable bonds is 5. The minimum atomic E-state index is -0.367. The van der Waals surface area contributed by atoms with E-state index in [0.29, 0.717) is 32.4 Å². The van der Waals surface area contributed by atoms with Crippen LogP contribution in [-0.2, 0) is 0 Å². The maximum Gasteiger partial charge on any atom is 0.272 e. The predicted octanol–water partition coefficient (Wildman–Crippen LogP) is 3.47. The second-order valence-corrected chi connectivity index (χ2v) is 5.90. The Morgan fingerprint density at radius 2 is 2.26 bits per heavy atom. The molecule has 1 amide bonds. The lowest BCUT2D eigenvalue weighted by atomic mass is 10.2. The molecule has 6 nitrogen and oxygen atoms in total. The molecule has 23 heavy (non-hydrogen) atoms. The van der Waals surface area contributed by atoms with Crippen molar-refractivity contribution in [2.24, 2.45) is 5.10 Å². The molecule has 0 radical (unpaired) electrons. The molecule has 2 N–H and O–H groups in total. The lowest BCUT2D eigenvalue weighted by Gasteiger charge is -2.10. The Kier molecular flexibility index (Phi) is 6.12. The minimum absolute atomic E-state index is 0.00438. The second-order valence-electron chi connectivity index (χ2n) is 4.31. The molecule has 1 aromatic carbocycles. The van der Waals surface area contributed by atoms with Crippen LogP contribution in [0.3, 0.4) is 0 Å². The van der Waals surface area contributed by atoms with Crippen molar-refractivity contribution in [2.75, 3.05) is 6.61 Å². The number of amides is 1. The van der Waals surface area contributed by atoms with Gasteiger partial charge in [0.25, 0.3) is 5.91 Å². The summed E-state index contributed by atoms with van der Waals surface area (Å²) in [6, 6.07) is 4.92. The number of hydrogen-bond donors (Lipinski definition) is 2. The summed E-state index contributed by atoms with van der Waals surface area (Å²) < 4.78 is 6.39. The molecule has 2 rings (SSSR count). The number of phenols is 1. The maximum absolute atomic E-state index is 11.9. The molecule has 0 bridgehead atoms. The van der Waals surface area contributed by atoms with Crippen LogP contribution in [0.25, 0.3) is 0 Å². The molecule has 120 valence electrons. The lowest BCUT2D eigenvalue weighted by Crippen LogP contribution is -2.17. The molecule has 0 aliphatic heterocycles. The van der Waals surface area contributed by atoms with Gasteiger partial charge in [-0.1, -0.05) is 0 Å². The normalized spacial score (nSPS) is 10.7. The highest BCUT2D eigenvalue weighted by atomic mass is 79.9. The van der Waals surface area contributed by atoms with E-state index in [0.717, 1.165) is 0 Å². The number of pyridine rings is 1. The van der Waals surface area contributed by atoms with E-state index in [1.807, 2.05) is 6.92 Å². The number of nitrogens with one attached hydrogen (secondary N) is 1. The van der Waals surface area contributed by atoms with Crippen LogP contribution in [0.4, 0.5) is 0 Å². The first-order valence-corrected chi connectivity index (χ1v) is 8.20. The second kappa shape index (κ2) is 8.07. The van der Waals surface area contributed by atoms with Gasteiger partial charge >= 0.3 is 0 Å². The number of hydrogen-bond acceptors (Lipinski definition) is 5. The van der Waals surface area contributed by atoms with Gasteiger partial charge in [-0.3, -0.25) is 9.78 Å². The molecule has 0 aliphatic rings. The molecule has 0 atom stereocenters. The Labute approximate surface area is 149 Å². The summed E-state index contributed by atoms with van der Waals surface area (Å²) in [5.41, 5.74) is 3.45. The minimum Gasteiger partial charge on any atom is -0.503 e. The van der Waals surface area contributed by atoms with Crippen molar-refractivity contribution in [1.29, 1.82) is 0 Å². The third-order valence-corrected chi connectivity index (χ3v) is 4.93. The molecule has 0 saturated carbocycles. The van der Waals surface area contributed by atoms with Crippen LogP contribution in [-0.4, -0.2) is 28.8 Å². The van der Waals surface area contributed by atoms with Gasteiger partial charge in [0.05, 0.1) is 22.9 Å². The van der Waals surface area contributed by atoms with Crippen molar-refractivity contribution < 1.29 is 14.6 Å². The molecule has 0 spiro atoms. The first-order chi connectivity index (χ1) is 11.0. The number of hydrazone groups is 1. The van der Waals surface area contributed by atoms with Crippen LogP contribution >= 0.6 is 31.9 Å². The van der Waals surface area contributed by atoms with E-state index in [1.165, 1.54) is 12.4 Å². The average molecular weight is 443 g/mol. The van der Waals surface area contributed by atoms with Gasteiger partial charge in [-0.25, -0.2) is 5.43 Å². The van der Waals surface area contributed by atoms with Crippen molar-refractivity contribution in [3.05, 3.63) is 50.7 Å². The molecule has 2 aromatic rings. The van der Waals surface area contributed by atoms with Gasteiger partial charge in [0.2, 0.25) is 0 Å². The van der Waals surface area contributed by atoms with Crippen molar-refractivity contribution in [3.8, 4) is 11.5 Å². The van der Waals surface area contributed by atoms with Gasteiger partial charge in [0.1, 0.15) is 0 Å². The largest absolute Gasteiger partial charge is 0.503 e. The summed E-state index contributed by atoms with van der Waals surface area (Å²) in [4.78, 5) is 15.7. The number of ether oxygens (including phenoxy) is 1. The molecular formula is C15H13Br2N3O3. The van der Waals surface area contributed by atoms with Crippen LogP contribution in [0.2, 0.25) is 0 Å². The Bertz CT molecular complexity index is 736. The first-order valence-electron chi connectivity index (χ1n) is 6.61. The zero-order valence-electron chi connectivity index (χ0n) is 12.1. The Morgan fingerprint density at radius 3 is 2.91 bits per heavy atom. The monoisotopic (exact) mass is 441 g/mol. The maximum atomic E-state index is 11.9. The lowest BCUT2D eigenvalue weighted by molar-refractivity contribution is 0.0955. The Balaban J connectivity index is 2.18. The van der Waals surface area contributed by atoms with Crippen molar-refractivity contribution in [1.82, 2.24) is 10.4 Å². The van der Waals surface area contributed by atoms with Crippen LogP contribution in [0.15, 0.2) is 44.6 Å². The van der Waals surface area contributed by atoms with Gasteiger partial charge in [-0.05, 0) is 57.0 Å². The number of phenolic OH excluding ortho intramolecular Hbond substituents is 1. The van der Waals surface area contributed by atoms with E-state index < -0.39 is 0 Å². The Morgan fingerprint density at radius 1 is 1.48 bits per heavy atom. The zero-order chi connectivity index (χ0) is 16.8. The molecule has 0 unspecified atom stereocenters. The van der Waals surface area contributed by atoms with E-state index >= 15 is 0 Å². The fourth-order valence-corrected chi connectivity index (χ4v) is 2.52. The first kappa shape index (κ1) is 17.4. The SMILES string of the molecule is CCOc1cc(/C=N\NC(=O)c2cccnc2)c(Br)c(Br)c1O. The predicted molar refractivity (Wildman–Crippen MR) is 94.0 cm³/mol. The van der Waals surface area contributed by atoms with Gasteiger partial charge in [-0.2, -0.15) is 5.10 Å². The van der Waals surface area contributed by atoms with E-state index in [4.69, 9.17) is 4.74 Å². The van der Waals surface area contributed by atoms with Gasteiger partial charge in [-0.15, -0.1) is 0 Å². The molecule has 0 aliphatic carbocycles. The highest BCUT2D eigenvalue weighted by Gasteiger charge is 2.14. The molecule has 0 fully saturated rings. The molecule has 1 aromatic heterocycles. The van der Waals surface area contributed by atoms with Gasteiger partial charge in [0, 0.05) is 22.4 Å². The van der Waals surface area contributed by atoms with E-state index in [9.17, 15) is 9.90 Å². The van der Waals surface area contributed by atoms with Crippen molar-refractivity contribution >= 4 is 44.0 Å². The fraction of sp³-hybridized carbons (Fsp3) is 0.133. The highest BCUT2D eigenvalue weighted by Crippen LogP contribution is 2.41. The summed E-state index contributed by atoms with van der Waals surface area (Å²) in [6.07, 6.45) is 4.48. The Hall–Kier alpha value is -1.93. The van der Waals surface area contributed by atoms with Crippen LogP contribution < -0.4 is 10.2 Å². The van der Waals surface area contributed by atoms with Gasteiger partial charge < -0.3 is 9.84 Å². The summed E-state index contributed by atoms with van der Waals surface area (Å²) in [6.45, 7) is 2.23. The number of aromatic hydroxyl groups is 1. The molecule has 8 heteroatoms. The highest BCUT2D eigenvalue weighted by molar-refractivity contribution is 9.13. The summed E-state index contributed by atoms with van der Waals surface area (Å²) in [5.74, 6) is -0.0498. The number of halogens is 2. The van der Waals surface area contributed by atoms with Crippen LogP contribution in [0.5, 0.6) is 11.5 Å². The van der Waals surface area contributed by atoms with Crippen molar-refractivity contribution in [3.63, 3.8) is 0 Å². The van der Waals surface area contributed by atoms with Crippen LogP contribution in [0.1, 0.15) is 22.8 Å². The number of carbonyl (C=O) groups excluding carboxylic acids is 1. The number of benzene rings is 1. The van der Waals surface area contributed by atoms with Crippen LogP contribution in [0, 0.1) is 0 Å². The summed E-state index contributed by atoms with van der Waals surface area (Å²) in [7, 11) is 0. The number of nitrogens with zero attached hydrogens (tertiary/aromatic N) is 2. The number of carbonyl (C=O) groups is 1. The smallest absolute Gasteiger partial charge is 0.272 e. The molecule has 1 heterocycles. The third-order valence-electron chi connectivity index (χ3n) is 2.77. The fourth-order valence-electron chi connectivity index (χ4n) is 1.69. The van der Waals surface area contributed by atoms with E-state index in [2.05, 4.69) is 47.4 Å². The molecular weight excluding hydrogens is 430 g/mol. The van der Waals surface area contributed by atoms with Crippen molar-refractivity contribution in [2.45, 2.75) is 6.92 Å². The number of aromatic nitrogens is 1. The molecule has 0 saturated heterocycles.